The Morgan fingerprint density at radius 3 is 2.36 bits per heavy atom. The van der Waals surface area contributed by atoms with Crippen molar-refractivity contribution in [3.05, 3.63) is 76.3 Å². The van der Waals surface area contributed by atoms with Crippen molar-refractivity contribution < 1.29 is 87.6 Å². The smallest absolute Gasteiger partial charge is 0.303 e. The Balaban J connectivity index is 0.00000600. The van der Waals surface area contributed by atoms with E-state index in [0.717, 1.165) is 0 Å². The van der Waals surface area contributed by atoms with Crippen LogP contribution in [0.1, 0.15) is 49.5 Å². The van der Waals surface area contributed by atoms with Crippen molar-refractivity contribution in [2.45, 2.75) is 45.3 Å². The van der Waals surface area contributed by atoms with Crippen LogP contribution in [0.15, 0.2) is 54.6 Å². The summed E-state index contributed by atoms with van der Waals surface area (Å²) in [6.45, 7) is 3.60. The van der Waals surface area contributed by atoms with Gasteiger partial charge in [-0.15, -0.1) is 0 Å². The first-order valence-electron chi connectivity index (χ1n) is 14.7. The molecule has 0 saturated heterocycles. The van der Waals surface area contributed by atoms with Gasteiger partial charge in [0.1, 0.15) is 18.0 Å². The van der Waals surface area contributed by atoms with Gasteiger partial charge in [0.15, 0.2) is 11.5 Å². The van der Waals surface area contributed by atoms with Crippen molar-refractivity contribution in [3.63, 3.8) is 0 Å². The second kappa shape index (κ2) is 17.0. The van der Waals surface area contributed by atoms with Crippen LogP contribution >= 0.6 is 11.6 Å². The SMILES string of the molecule is COc1ccc(NC(=O)C[C@H]2O[C@H](c3cccc(OC)c3OC)c3cc(Cl)ccc3N(CC(C)(C)CO)C2=O)cc1CCC(=O)O.[Ac]. The zero-order chi connectivity index (χ0) is 33.6. The number of nitrogens with zero attached hydrogens (tertiary/aromatic N) is 1. The number of hydrogen-bond acceptors (Lipinski definition) is 8. The summed E-state index contributed by atoms with van der Waals surface area (Å²) in [5, 5.41) is 22.5. The Kier molecular flexibility index (Phi) is 13.9. The third kappa shape index (κ3) is 9.39. The number of amides is 2. The first-order valence-corrected chi connectivity index (χ1v) is 15.1. The minimum atomic E-state index is -1.26. The molecule has 0 spiro atoms. The van der Waals surface area contributed by atoms with Crippen molar-refractivity contribution in [2.24, 2.45) is 5.41 Å². The van der Waals surface area contributed by atoms with Crippen LogP contribution in [-0.2, 0) is 25.5 Å². The van der Waals surface area contributed by atoms with Gasteiger partial charge < -0.3 is 39.4 Å². The molecule has 0 aliphatic carbocycles. The summed E-state index contributed by atoms with van der Waals surface area (Å²) in [5.41, 5.74) is 1.98. The zero-order valence-electron chi connectivity index (χ0n) is 27.0. The number of aliphatic carboxylic acids is 1. The maximum absolute atomic E-state index is 14.3. The molecule has 4 rings (SSSR count). The summed E-state index contributed by atoms with van der Waals surface area (Å²) < 4.78 is 23.2. The van der Waals surface area contributed by atoms with E-state index in [9.17, 15) is 19.5 Å². The van der Waals surface area contributed by atoms with Gasteiger partial charge in [0, 0.05) is 96.6 Å². The van der Waals surface area contributed by atoms with E-state index in [1.165, 1.54) is 26.2 Å². The van der Waals surface area contributed by atoms with Gasteiger partial charge in [-0.3, -0.25) is 14.4 Å². The number of nitrogens with one attached hydrogen (secondary N) is 1. The molecule has 47 heavy (non-hydrogen) atoms. The van der Waals surface area contributed by atoms with Crippen LogP contribution in [-0.4, -0.2) is 68.6 Å². The molecule has 11 nitrogen and oxygen atoms in total. The number of aryl methyl sites for hydroxylation is 1. The van der Waals surface area contributed by atoms with Crippen LogP contribution in [0.4, 0.5) is 11.4 Å². The van der Waals surface area contributed by atoms with E-state index < -0.39 is 35.4 Å². The number of carboxylic acid groups (broad SMARTS) is 1. The molecule has 0 unspecified atom stereocenters. The summed E-state index contributed by atoms with van der Waals surface area (Å²) >= 11 is 6.48. The Bertz CT molecular complexity index is 1600. The number of rotatable bonds is 13. The Morgan fingerprint density at radius 1 is 1.00 bits per heavy atom. The van der Waals surface area contributed by atoms with E-state index in [0.29, 0.717) is 50.3 Å². The second-order valence-electron chi connectivity index (χ2n) is 11.7. The molecule has 3 N–H and O–H groups in total. The molecule has 0 saturated carbocycles. The molecule has 1 heterocycles. The normalized spacial score (nSPS) is 16.0. The standard InChI is InChI=1S/C34H39ClN2O9.Ac/c1-34(2,19-38)18-37-25-12-10-21(35)16-24(25)31(23-7-6-8-27(44-4)32(23)45-5)46-28(33(37)42)17-29(39)36-22-11-13-26(43-3)20(15-22)9-14-30(40)41;/h6-8,10-13,15-16,28,31,38H,9,14,17-19H2,1-5H3,(H,36,39)(H,40,41);/t28-,31-;/m1./s1. The molecule has 3 aromatic carbocycles. The predicted octanol–water partition coefficient (Wildman–Crippen LogP) is 5.25. The molecule has 1 radical (unpaired) electrons. The number of benzene rings is 3. The molecule has 2 atom stereocenters. The van der Waals surface area contributed by atoms with E-state index in [2.05, 4.69) is 5.32 Å². The van der Waals surface area contributed by atoms with E-state index >= 15 is 0 Å². The average molecular weight is 882 g/mol. The summed E-state index contributed by atoms with van der Waals surface area (Å²) in [6, 6.07) is 15.3. The van der Waals surface area contributed by atoms with Crippen LogP contribution in [0.25, 0.3) is 0 Å². The van der Waals surface area contributed by atoms with Gasteiger partial charge in [0.25, 0.3) is 5.91 Å². The first-order chi connectivity index (χ1) is 21.9. The molecule has 3 aromatic rings. The topological polar surface area (TPSA) is 144 Å². The fourth-order valence-electron chi connectivity index (χ4n) is 5.38. The van der Waals surface area contributed by atoms with Crippen LogP contribution in [0, 0.1) is 49.5 Å². The van der Waals surface area contributed by atoms with Gasteiger partial charge in [-0.2, -0.15) is 0 Å². The molecule has 2 amide bonds. The zero-order valence-corrected chi connectivity index (χ0v) is 32.5. The van der Waals surface area contributed by atoms with Crippen LogP contribution in [0.5, 0.6) is 17.2 Å². The molecule has 1 aliphatic rings. The number of carbonyl (C=O) groups excluding carboxylic acids is 2. The maximum atomic E-state index is 14.3. The summed E-state index contributed by atoms with van der Waals surface area (Å²) in [5.74, 6) is -0.591. The van der Waals surface area contributed by atoms with Crippen molar-refractivity contribution in [1.82, 2.24) is 0 Å². The number of methoxy groups -OCH3 is 3. The molecule has 1 aliphatic heterocycles. The van der Waals surface area contributed by atoms with E-state index in [4.69, 9.17) is 35.7 Å². The third-order valence-electron chi connectivity index (χ3n) is 7.68. The number of carboxylic acids is 1. The molecular weight excluding hydrogens is 843 g/mol. The first kappa shape index (κ1) is 38.6. The fourth-order valence-corrected chi connectivity index (χ4v) is 5.56. The van der Waals surface area contributed by atoms with Gasteiger partial charge in [-0.05, 0) is 54.4 Å². The summed E-state index contributed by atoms with van der Waals surface area (Å²) in [4.78, 5) is 40.5. The van der Waals surface area contributed by atoms with Crippen LogP contribution in [0.3, 0.4) is 0 Å². The van der Waals surface area contributed by atoms with Crippen LogP contribution < -0.4 is 24.4 Å². The number of para-hydroxylation sites is 1. The van der Waals surface area contributed by atoms with Gasteiger partial charge in [-0.1, -0.05) is 37.6 Å². The third-order valence-corrected chi connectivity index (χ3v) is 7.91. The number of anilines is 2. The largest absolute Gasteiger partial charge is 0.496 e. The monoisotopic (exact) mass is 881 g/mol. The van der Waals surface area contributed by atoms with E-state index in [1.807, 2.05) is 13.8 Å². The summed E-state index contributed by atoms with van der Waals surface area (Å²) in [6.07, 6.45) is -2.42. The number of hydrogen-bond donors (Lipinski definition) is 3. The van der Waals surface area contributed by atoms with Gasteiger partial charge in [0.2, 0.25) is 5.91 Å². The molecule has 0 bridgehead atoms. The Labute approximate surface area is 315 Å². The Morgan fingerprint density at radius 2 is 1.72 bits per heavy atom. The van der Waals surface area contributed by atoms with E-state index in [1.54, 1.807) is 54.6 Å². The number of fused-ring (bicyclic) bond motifs is 1. The number of carbonyl (C=O) groups is 3. The second-order valence-corrected chi connectivity index (χ2v) is 12.1. The Hall–Kier alpha value is -2.88. The average Bonchev–Trinajstić information content (AvgIpc) is 3.13. The predicted molar refractivity (Wildman–Crippen MR) is 173 cm³/mol. The van der Waals surface area contributed by atoms with Gasteiger partial charge in [-0.25, -0.2) is 0 Å². The van der Waals surface area contributed by atoms with E-state index in [-0.39, 0.29) is 76.5 Å². The maximum Gasteiger partial charge on any atom is 0.303 e. The molecular formula is C34H39AcClN2O9. The van der Waals surface area contributed by atoms with Crippen molar-refractivity contribution >= 4 is 40.8 Å². The van der Waals surface area contributed by atoms with Crippen LogP contribution in [0.2, 0.25) is 5.02 Å². The van der Waals surface area contributed by atoms with Crippen molar-refractivity contribution in [2.75, 3.05) is 44.7 Å². The molecule has 249 valence electrons. The number of aliphatic hydroxyl groups excluding tert-OH is 1. The number of ether oxygens (including phenoxy) is 4. The molecule has 13 heteroatoms. The van der Waals surface area contributed by atoms with Gasteiger partial charge >= 0.3 is 5.97 Å². The fraction of sp³-hybridized carbons (Fsp3) is 0.382. The van der Waals surface area contributed by atoms with Crippen molar-refractivity contribution in [1.29, 1.82) is 0 Å². The minimum absolute atomic E-state index is 0. The minimum Gasteiger partial charge on any atom is -0.496 e. The van der Waals surface area contributed by atoms with Gasteiger partial charge in [0.05, 0.1) is 27.8 Å². The van der Waals surface area contributed by atoms with Crippen molar-refractivity contribution in [3.8, 4) is 17.2 Å². The molecule has 0 fully saturated rings. The molecule has 0 aromatic heterocycles. The quantitative estimate of drug-likeness (QED) is 0.210. The number of halogens is 1. The summed E-state index contributed by atoms with van der Waals surface area (Å²) in [7, 11) is 4.50. The number of aliphatic hydroxyl groups is 1.